The molecule has 5 heteroatoms. The number of nitrogens with two attached hydrogens (primary N) is 1. The van der Waals surface area contributed by atoms with Gasteiger partial charge in [-0.15, -0.1) is 0 Å². The summed E-state index contributed by atoms with van der Waals surface area (Å²) in [4.78, 5) is 15.4. The Morgan fingerprint density at radius 1 is 1.26 bits per heavy atom. The van der Waals surface area contributed by atoms with Gasteiger partial charge in [-0.2, -0.15) is 0 Å². The summed E-state index contributed by atoms with van der Waals surface area (Å²) in [5.41, 5.74) is 7.06. The van der Waals surface area contributed by atoms with E-state index < -0.39 is 5.82 Å². The largest absolute Gasteiger partial charge is 0.349 e. The number of rotatable bonds is 4. The molecule has 0 aliphatic carbocycles. The minimum Gasteiger partial charge on any atom is -0.349 e. The highest BCUT2D eigenvalue weighted by Crippen LogP contribution is 2.08. The molecule has 98 valence electrons. The molecule has 1 atom stereocenters. The zero-order valence-electron chi connectivity index (χ0n) is 10.2. The Morgan fingerprint density at radius 3 is 2.63 bits per heavy atom. The van der Waals surface area contributed by atoms with Crippen molar-refractivity contribution >= 4 is 5.91 Å². The van der Waals surface area contributed by atoms with E-state index in [0.29, 0.717) is 6.54 Å². The lowest BCUT2D eigenvalue weighted by atomic mass is 10.1. The topological polar surface area (TPSA) is 68.0 Å². The molecule has 1 unspecified atom stereocenters. The van der Waals surface area contributed by atoms with Crippen molar-refractivity contribution in [3.63, 3.8) is 0 Å². The molecular formula is C14H14FN3O. The summed E-state index contributed by atoms with van der Waals surface area (Å²) in [7, 11) is 0. The van der Waals surface area contributed by atoms with Gasteiger partial charge >= 0.3 is 0 Å². The number of carbonyl (C=O) groups excluding carboxylic acids is 1. The van der Waals surface area contributed by atoms with Crippen LogP contribution >= 0.6 is 0 Å². The Kier molecular flexibility index (Phi) is 4.20. The van der Waals surface area contributed by atoms with Gasteiger partial charge in [-0.3, -0.25) is 4.79 Å². The summed E-state index contributed by atoms with van der Waals surface area (Å²) in [6, 6.07) is 11.7. The normalized spacial score (nSPS) is 11.9. The van der Waals surface area contributed by atoms with Crippen LogP contribution < -0.4 is 11.1 Å². The number of amides is 1. The Hall–Kier alpha value is -2.27. The number of pyridine rings is 1. The minimum atomic E-state index is -0.475. The number of hydrogen-bond acceptors (Lipinski definition) is 3. The van der Waals surface area contributed by atoms with Crippen molar-refractivity contribution in [2.24, 2.45) is 5.73 Å². The van der Waals surface area contributed by atoms with Crippen LogP contribution in [0, 0.1) is 5.82 Å². The third-order valence-electron chi connectivity index (χ3n) is 2.67. The molecule has 4 nitrogen and oxygen atoms in total. The number of hydrogen-bond donors (Lipinski definition) is 2. The van der Waals surface area contributed by atoms with E-state index in [9.17, 15) is 9.18 Å². The van der Waals surface area contributed by atoms with E-state index in [1.165, 1.54) is 12.1 Å². The zero-order valence-corrected chi connectivity index (χ0v) is 10.2. The minimum absolute atomic E-state index is 0.168. The van der Waals surface area contributed by atoms with Crippen LogP contribution in [0.2, 0.25) is 0 Å². The molecule has 0 aliphatic rings. The fourth-order valence-corrected chi connectivity index (χ4v) is 1.62. The number of nitrogens with one attached hydrogen (secondary N) is 1. The Balaban J connectivity index is 1.92. The summed E-state index contributed by atoms with van der Waals surface area (Å²) in [6.45, 7) is 0.294. The molecule has 1 aromatic carbocycles. The van der Waals surface area contributed by atoms with Gasteiger partial charge in [0, 0.05) is 12.6 Å². The Bertz CT molecular complexity index is 542. The molecule has 2 rings (SSSR count). The Morgan fingerprint density at radius 2 is 2.00 bits per heavy atom. The van der Waals surface area contributed by atoms with E-state index in [4.69, 9.17) is 5.73 Å². The van der Waals surface area contributed by atoms with E-state index in [1.54, 1.807) is 0 Å². The lowest BCUT2D eigenvalue weighted by molar-refractivity contribution is 0.0946. The van der Waals surface area contributed by atoms with E-state index in [2.05, 4.69) is 10.3 Å². The maximum atomic E-state index is 12.7. The summed E-state index contributed by atoms with van der Waals surface area (Å²) in [6.07, 6.45) is 1.01. The predicted octanol–water partition coefficient (Wildman–Crippen LogP) is 1.65. The van der Waals surface area contributed by atoms with E-state index in [1.807, 2.05) is 30.3 Å². The summed E-state index contributed by atoms with van der Waals surface area (Å²) >= 11 is 0. The summed E-state index contributed by atoms with van der Waals surface area (Å²) in [5.74, 6) is -0.844. The first-order chi connectivity index (χ1) is 9.16. The third-order valence-corrected chi connectivity index (χ3v) is 2.67. The molecule has 1 aromatic heterocycles. The molecule has 0 fully saturated rings. The van der Waals surface area contributed by atoms with Crippen molar-refractivity contribution < 1.29 is 9.18 Å². The van der Waals surface area contributed by atoms with Crippen LogP contribution in [-0.4, -0.2) is 17.4 Å². The monoisotopic (exact) mass is 259 g/mol. The number of benzene rings is 1. The summed E-state index contributed by atoms with van der Waals surface area (Å²) in [5, 5.41) is 2.67. The molecule has 0 saturated carbocycles. The Labute approximate surface area is 110 Å². The van der Waals surface area contributed by atoms with Crippen molar-refractivity contribution in [1.29, 1.82) is 0 Å². The molecular weight excluding hydrogens is 245 g/mol. The van der Waals surface area contributed by atoms with Crippen molar-refractivity contribution in [3.05, 3.63) is 65.7 Å². The van der Waals surface area contributed by atoms with E-state index in [0.717, 1.165) is 11.8 Å². The van der Waals surface area contributed by atoms with Crippen LogP contribution in [0.3, 0.4) is 0 Å². The fraction of sp³-hybridized carbons (Fsp3) is 0.143. The first-order valence-corrected chi connectivity index (χ1v) is 5.87. The van der Waals surface area contributed by atoms with Gasteiger partial charge in [0.2, 0.25) is 0 Å². The number of carbonyl (C=O) groups is 1. The molecule has 0 saturated heterocycles. The highest BCUT2D eigenvalue weighted by Gasteiger charge is 2.10. The quantitative estimate of drug-likeness (QED) is 0.877. The highest BCUT2D eigenvalue weighted by molar-refractivity contribution is 5.92. The lowest BCUT2D eigenvalue weighted by Gasteiger charge is -2.12. The van der Waals surface area contributed by atoms with Crippen LogP contribution in [0.25, 0.3) is 0 Å². The van der Waals surface area contributed by atoms with Gasteiger partial charge in [0.05, 0.1) is 6.20 Å². The number of nitrogens with zero attached hydrogens (tertiary/aromatic N) is 1. The van der Waals surface area contributed by atoms with Crippen molar-refractivity contribution in [2.75, 3.05) is 6.54 Å². The van der Waals surface area contributed by atoms with Crippen LogP contribution in [-0.2, 0) is 0 Å². The van der Waals surface area contributed by atoms with Crippen molar-refractivity contribution in [3.8, 4) is 0 Å². The van der Waals surface area contributed by atoms with Crippen molar-refractivity contribution in [1.82, 2.24) is 10.3 Å². The standard InChI is InChI=1S/C14H14FN3O/c15-11-6-7-13(17-8-11)14(19)18-9-12(16)10-4-2-1-3-5-10/h1-8,12H,9,16H2,(H,18,19). The molecule has 0 spiro atoms. The van der Waals surface area contributed by atoms with Gasteiger partial charge in [-0.1, -0.05) is 30.3 Å². The highest BCUT2D eigenvalue weighted by atomic mass is 19.1. The zero-order chi connectivity index (χ0) is 13.7. The smallest absolute Gasteiger partial charge is 0.269 e. The predicted molar refractivity (Wildman–Crippen MR) is 69.9 cm³/mol. The summed E-state index contributed by atoms with van der Waals surface area (Å²) < 4.78 is 12.7. The average molecular weight is 259 g/mol. The van der Waals surface area contributed by atoms with Gasteiger partial charge in [-0.25, -0.2) is 9.37 Å². The molecule has 19 heavy (non-hydrogen) atoms. The van der Waals surface area contributed by atoms with E-state index in [-0.39, 0.29) is 17.6 Å². The molecule has 3 N–H and O–H groups in total. The average Bonchev–Trinajstić information content (AvgIpc) is 2.46. The number of halogens is 1. The molecule has 2 aromatic rings. The molecule has 1 amide bonds. The molecule has 1 heterocycles. The first kappa shape index (κ1) is 13.2. The lowest BCUT2D eigenvalue weighted by Crippen LogP contribution is -2.32. The van der Waals surface area contributed by atoms with Gasteiger partial charge in [-0.05, 0) is 17.7 Å². The van der Waals surface area contributed by atoms with Crippen molar-refractivity contribution in [2.45, 2.75) is 6.04 Å². The molecule has 0 bridgehead atoms. The third kappa shape index (κ3) is 3.59. The second-order valence-corrected chi connectivity index (χ2v) is 4.09. The maximum absolute atomic E-state index is 12.7. The van der Waals surface area contributed by atoms with Crippen LogP contribution in [0.1, 0.15) is 22.1 Å². The first-order valence-electron chi connectivity index (χ1n) is 5.87. The maximum Gasteiger partial charge on any atom is 0.269 e. The van der Waals surface area contributed by atoms with Gasteiger partial charge in [0.1, 0.15) is 11.5 Å². The van der Waals surface area contributed by atoms with Crippen LogP contribution in [0.4, 0.5) is 4.39 Å². The van der Waals surface area contributed by atoms with Gasteiger partial charge in [0.25, 0.3) is 5.91 Å². The fourth-order valence-electron chi connectivity index (χ4n) is 1.62. The second kappa shape index (κ2) is 6.06. The van der Waals surface area contributed by atoms with Gasteiger partial charge < -0.3 is 11.1 Å². The SMILES string of the molecule is NC(CNC(=O)c1ccc(F)cn1)c1ccccc1. The van der Waals surface area contributed by atoms with E-state index >= 15 is 0 Å². The van der Waals surface area contributed by atoms with Crippen LogP contribution in [0.15, 0.2) is 48.7 Å². The van der Waals surface area contributed by atoms with Gasteiger partial charge in [0.15, 0.2) is 0 Å². The molecule has 0 radical (unpaired) electrons. The second-order valence-electron chi connectivity index (χ2n) is 4.09. The molecule has 0 aliphatic heterocycles. The number of aromatic nitrogens is 1. The van der Waals surface area contributed by atoms with Crippen LogP contribution in [0.5, 0.6) is 0 Å².